The molecule has 5 atom stereocenters. The minimum Gasteiger partial charge on any atom is -0.387 e. The van der Waals surface area contributed by atoms with Gasteiger partial charge in [-0.2, -0.15) is 16.8 Å². The predicted molar refractivity (Wildman–Crippen MR) is 63.4 cm³/mol. The summed E-state index contributed by atoms with van der Waals surface area (Å²) >= 11 is 0. The number of hydrogen-bond acceptors (Lipinski definition) is 10. The van der Waals surface area contributed by atoms with Crippen LogP contribution in [0.4, 0.5) is 0 Å². The summed E-state index contributed by atoms with van der Waals surface area (Å²) in [5.41, 5.74) is 0. The second kappa shape index (κ2) is 6.19. The Labute approximate surface area is 116 Å². The molecule has 0 aromatic heterocycles. The van der Waals surface area contributed by atoms with Crippen molar-refractivity contribution in [3.63, 3.8) is 0 Å². The SMILES string of the molecule is CS(=O)(=O)OC[C@H]1O[C@H](O)[C@H](OS(C)(=O)=O)[C@@H](O)[C@@H]1O. The van der Waals surface area contributed by atoms with Crippen molar-refractivity contribution in [3.05, 3.63) is 0 Å². The fourth-order valence-electron chi connectivity index (χ4n) is 1.55. The van der Waals surface area contributed by atoms with E-state index in [2.05, 4.69) is 8.37 Å². The first-order valence-corrected chi connectivity index (χ1v) is 8.96. The monoisotopic (exact) mass is 336 g/mol. The summed E-state index contributed by atoms with van der Waals surface area (Å²) in [4.78, 5) is 0. The number of rotatable bonds is 5. The summed E-state index contributed by atoms with van der Waals surface area (Å²) in [5.74, 6) is 0. The third-order valence-corrected chi connectivity index (χ3v) is 3.53. The molecular formula is C8H16O10S2. The van der Waals surface area contributed by atoms with Crippen LogP contribution in [0.3, 0.4) is 0 Å². The van der Waals surface area contributed by atoms with Crippen molar-refractivity contribution in [2.45, 2.75) is 30.7 Å². The van der Waals surface area contributed by atoms with Crippen LogP contribution >= 0.6 is 0 Å². The molecule has 1 fully saturated rings. The summed E-state index contributed by atoms with van der Waals surface area (Å²) < 4.78 is 57.1. The minimum absolute atomic E-state index is 0.653. The van der Waals surface area contributed by atoms with Gasteiger partial charge in [-0.15, -0.1) is 0 Å². The highest BCUT2D eigenvalue weighted by Crippen LogP contribution is 2.23. The highest BCUT2D eigenvalue weighted by Gasteiger charge is 2.46. The molecule has 1 aliphatic rings. The van der Waals surface area contributed by atoms with Gasteiger partial charge in [0, 0.05) is 0 Å². The first kappa shape index (κ1) is 17.7. The Kier molecular flexibility index (Phi) is 5.48. The lowest BCUT2D eigenvalue weighted by molar-refractivity contribution is -0.278. The van der Waals surface area contributed by atoms with Gasteiger partial charge >= 0.3 is 0 Å². The van der Waals surface area contributed by atoms with Crippen LogP contribution in [0, 0.1) is 0 Å². The highest BCUT2D eigenvalue weighted by atomic mass is 32.2. The van der Waals surface area contributed by atoms with Gasteiger partial charge in [0.05, 0.1) is 19.1 Å². The van der Waals surface area contributed by atoms with Crippen LogP contribution in [0.5, 0.6) is 0 Å². The molecule has 10 nitrogen and oxygen atoms in total. The van der Waals surface area contributed by atoms with E-state index in [-0.39, 0.29) is 0 Å². The molecule has 20 heavy (non-hydrogen) atoms. The molecule has 0 amide bonds. The Morgan fingerprint density at radius 1 is 1.00 bits per heavy atom. The van der Waals surface area contributed by atoms with Crippen LogP contribution in [0.1, 0.15) is 0 Å². The highest BCUT2D eigenvalue weighted by molar-refractivity contribution is 7.86. The van der Waals surface area contributed by atoms with E-state index < -0.39 is 57.5 Å². The zero-order chi connectivity index (χ0) is 15.7. The molecule has 1 heterocycles. The zero-order valence-electron chi connectivity index (χ0n) is 10.6. The number of ether oxygens (including phenoxy) is 1. The van der Waals surface area contributed by atoms with Crippen molar-refractivity contribution >= 4 is 20.2 Å². The molecular weight excluding hydrogens is 320 g/mol. The van der Waals surface area contributed by atoms with Gasteiger partial charge in [0.1, 0.15) is 18.3 Å². The average Bonchev–Trinajstić information content (AvgIpc) is 2.25. The van der Waals surface area contributed by atoms with Gasteiger partial charge in [-0.05, 0) is 0 Å². The molecule has 0 aliphatic carbocycles. The molecule has 0 saturated carbocycles. The van der Waals surface area contributed by atoms with E-state index in [1.807, 2.05) is 0 Å². The Bertz CT molecular complexity index is 523. The summed E-state index contributed by atoms with van der Waals surface area (Å²) in [6.45, 7) is -0.653. The second-order valence-electron chi connectivity index (χ2n) is 4.30. The second-order valence-corrected chi connectivity index (χ2v) is 7.54. The van der Waals surface area contributed by atoms with E-state index >= 15 is 0 Å². The Morgan fingerprint density at radius 2 is 1.55 bits per heavy atom. The molecule has 12 heteroatoms. The lowest BCUT2D eigenvalue weighted by atomic mass is 9.99. The van der Waals surface area contributed by atoms with Gasteiger partial charge in [-0.25, -0.2) is 0 Å². The molecule has 3 N–H and O–H groups in total. The Morgan fingerprint density at radius 3 is 2.00 bits per heavy atom. The van der Waals surface area contributed by atoms with E-state index in [0.717, 1.165) is 6.26 Å². The van der Waals surface area contributed by atoms with Crippen LogP contribution in [0.25, 0.3) is 0 Å². The molecule has 0 aromatic carbocycles. The van der Waals surface area contributed by atoms with Crippen LogP contribution in [-0.2, 0) is 33.3 Å². The first-order valence-electron chi connectivity index (χ1n) is 5.33. The smallest absolute Gasteiger partial charge is 0.264 e. The van der Waals surface area contributed by atoms with Crippen molar-refractivity contribution < 1.29 is 45.3 Å². The molecule has 1 saturated heterocycles. The van der Waals surface area contributed by atoms with Crippen molar-refractivity contribution in [2.75, 3.05) is 19.1 Å². The van der Waals surface area contributed by atoms with Crippen LogP contribution in [0.15, 0.2) is 0 Å². The molecule has 120 valence electrons. The largest absolute Gasteiger partial charge is 0.387 e. The summed E-state index contributed by atoms with van der Waals surface area (Å²) in [7, 11) is -7.81. The van der Waals surface area contributed by atoms with E-state index in [1.165, 1.54) is 0 Å². The maximum absolute atomic E-state index is 11.0. The summed E-state index contributed by atoms with van der Waals surface area (Å²) in [6, 6.07) is 0. The molecule has 0 radical (unpaired) electrons. The lowest BCUT2D eigenvalue weighted by Gasteiger charge is -2.39. The lowest BCUT2D eigenvalue weighted by Crippen LogP contribution is -2.59. The van der Waals surface area contributed by atoms with Crippen LogP contribution in [0.2, 0.25) is 0 Å². The van der Waals surface area contributed by atoms with Gasteiger partial charge in [0.15, 0.2) is 12.4 Å². The molecule has 1 rings (SSSR count). The average molecular weight is 336 g/mol. The van der Waals surface area contributed by atoms with E-state index in [1.54, 1.807) is 0 Å². The summed E-state index contributed by atoms with van der Waals surface area (Å²) in [6.07, 6.45) is -7.02. The Hall–Kier alpha value is -0.340. The third-order valence-electron chi connectivity index (χ3n) is 2.39. The maximum atomic E-state index is 11.0. The zero-order valence-corrected chi connectivity index (χ0v) is 12.2. The third kappa shape index (κ3) is 5.21. The molecule has 0 aromatic rings. The molecule has 1 aliphatic heterocycles. The maximum Gasteiger partial charge on any atom is 0.264 e. The minimum atomic E-state index is -4.00. The summed E-state index contributed by atoms with van der Waals surface area (Å²) in [5, 5.41) is 28.9. The quantitative estimate of drug-likeness (QED) is 0.435. The molecule has 0 spiro atoms. The van der Waals surface area contributed by atoms with E-state index in [9.17, 15) is 32.2 Å². The van der Waals surface area contributed by atoms with Crippen LogP contribution in [-0.4, -0.2) is 82.0 Å². The van der Waals surface area contributed by atoms with Crippen molar-refractivity contribution in [3.8, 4) is 0 Å². The van der Waals surface area contributed by atoms with E-state index in [4.69, 9.17) is 4.74 Å². The number of hydrogen-bond donors (Lipinski definition) is 3. The normalized spacial score (nSPS) is 36.0. The van der Waals surface area contributed by atoms with Crippen molar-refractivity contribution in [2.24, 2.45) is 0 Å². The number of aliphatic hydroxyl groups is 3. The molecule has 0 unspecified atom stereocenters. The van der Waals surface area contributed by atoms with Gasteiger partial charge < -0.3 is 20.1 Å². The van der Waals surface area contributed by atoms with Gasteiger partial charge in [0.2, 0.25) is 0 Å². The van der Waals surface area contributed by atoms with Crippen LogP contribution < -0.4 is 0 Å². The first-order chi connectivity index (χ1) is 8.91. The fourth-order valence-corrected chi connectivity index (χ4v) is 2.55. The van der Waals surface area contributed by atoms with Gasteiger partial charge in [-0.1, -0.05) is 0 Å². The van der Waals surface area contributed by atoms with Gasteiger partial charge in [0.25, 0.3) is 20.2 Å². The standard InChI is InChI=1S/C8H16O10S2/c1-19(12,13)16-3-4-5(9)6(10)7(8(11)17-4)18-20(2,14)15/h4-11H,3H2,1-2H3/t4-,5-,6+,7-,8+/m1/s1. The molecule has 0 bridgehead atoms. The van der Waals surface area contributed by atoms with Crippen molar-refractivity contribution in [1.29, 1.82) is 0 Å². The van der Waals surface area contributed by atoms with Gasteiger partial charge in [-0.3, -0.25) is 8.37 Å². The number of aliphatic hydroxyl groups excluding tert-OH is 3. The Balaban J connectivity index is 2.76. The topological polar surface area (TPSA) is 157 Å². The van der Waals surface area contributed by atoms with E-state index in [0.29, 0.717) is 6.26 Å². The predicted octanol–water partition coefficient (Wildman–Crippen LogP) is -3.25. The fraction of sp³-hybridized carbons (Fsp3) is 1.00. The van der Waals surface area contributed by atoms with Crippen molar-refractivity contribution in [1.82, 2.24) is 0 Å².